The summed E-state index contributed by atoms with van der Waals surface area (Å²) in [5.74, 6) is 0. The van der Waals surface area contributed by atoms with E-state index in [4.69, 9.17) is 0 Å². The van der Waals surface area contributed by atoms with Gasteiger partial charge in [-0.25, -0.2) is 4.98 Å². The van der Waals surface area contributed by atoms with Gasteiger partial charge in [-0.15, -0.1) is 0 Å². The molecule has 0 bridgehead atoms. The van der Waals surface area contributed by atoms with Crippen molar-refractivity contribution in [2.45, 2.75) is 20.3 Å². The highest BCUT2D eigenvalue weighted by atomic mass is 14.9. The number of aryl methyl sites for hydroxylation is 2. The first-order valence-electron chi connectivity index (χ1n) is 4.25. The van der Waals surface area contributed by atoms with E-state index in [1.165, 1.54) is 11.1 Å². The Kier molecular flexibility index (Phi) is 1.61. The average molecular weight is 160 g/mol. The molecule has 0 amide bonds. The van der Waals surface area contributed by atoms with E-state index in [2.05, 4.69) is 29.0 Å². The molecule has 1 N–H and O–H groups in total. The molecule has 2 heterocycles. The highest BCUT2D eigenvalue weighted by molar-refractivity contribution is 5.76. The van der Waals surface area contributed by atoms with Crippen LogP contribution in [-0.2, 0) is 6.42 Å². The lowest BCUT2D eigenvalue weighted by atomic mass is 10.3. The molecule has 0 aliphatic heterocycles. The number of hydrogen-bond acceptors (Lipinski definition) is 1. The summed E-state index contributed by atoms with van der Waals surface area (Å²) in [6.07, 6.45) is 1.04. The maximum Gasteiger partial charge on any atom is 0.137 e. The van der Waals surface area contributed by atoms with Crippen LogP contribution in [0.1, 0.15) is 18.3 Å². The van der Waals surface area contributed by atoms with Crippen LogP contribution >= 0.6 is 0 Å². The summed E-state index contributed by atoms with van der Waals surface area (Å²) >= 11 is 0. The summed E-state index contributed by atoms with van der Waals surface area (Å²) in [6, 6.07) is 6.30. The summed E-state index contributed by atoms with van der Waals surface area (Å²) < 4.78 is 0. The van der Waals surface area contributed by atoms with Crippen LogP contribution in [0.3, 0.4) is 0 Å². The van der Waals surface area contributed by atoms with Crippen molar-refractivity contribution in [3.8, 4) is 0 Å². The molecule has 0 unspecified atom stereocenters. The Hall–Kier alpha value is -1.31. The molecule has 2 aromatic rings. The van der Waals surface area contributed by atoms with Gasteiger partial charge in [-0.3, -0.25) is 0 Å². The molecule has 0 aliphatic rings. The van der Waals surface area contributed by atoms with Gasteiger partial charge in [0.1, 0.15) is 5.65 Å². The second-order valence-electron chi connectivity index (χ2n) is 3.04. The molecule has 0 aliphatic carbocycles. The molecule has 0 fully saturated rings. The number of H-pyrrole nitrogens is 1. The van der Waals surface area contributed by atoms with Crippen LogP contribution < -0.4 is 0 Å². The fraction of sp³-hybridized carbons (Fsp3) is 0.300. The number of nitrogens with one attached hydrogen (secondary N) is 1. The summed E-state index contributed by atoms with van der Waals surface area (Å²) in [6.45, 7) is 4.14. The first kappa shape index (κ1) is 7.35. The smallest absolute Gasteiger partial charge is 0.137 e. The van der Waals surface area contributed by atoms with E-state index in [0.717, 1.165) is 17.8 Å². The SMILES string of the molecule is CCc1cc2ccc(C)nc2[nH]1. The molecule has 62 valence electrons. The molecular formula is C10H12N2. The van der Waals surface area contributed by atoms with E-state index in [-0.39, 0.29) is 0 Å². The fourth-order valence-corrected chi connectivity index (χ4v) is 1.35. The van der Waals surface area contributed by atoms with Crippen LogP contribution in [0.25, 0.3) is 11.0 Å². The van der Waals surface area contributed by atoms with Crippen molar-refractivity contribution in [2.24, 2.45) is 0 Å². The molecule has 2 nitrogen and oxygen atoms in total. The van der Waals surface area contributed by atoms with Crippen LogP contribution in [0, 0.1) is 6.92 Å². The maximum atomic E-state index is 4.39. The highest BCUT2D eigenvalue weighted by Gasteiger charge is 1.98. The summed E-state index contributed by atoms with van der Waals surface area (Å²) in [4.78, 5) is 7.66. The van der Waals surface area contributed by atoms with Crippen molar-refractivity contribution in [2.75, 3.05) is 0 Å². The molecule has 2 heteroatoms. The summed E-state index contributed by atoms with van der Waals surface area (Å²) in [5.41, 5.74) is 3.32. The zero-order chi connectivity index (χ0) is 8.55. The topological polar surface area (TPSA) is 28.7 Å². The molecule has 0 radical (unpaired) electrons. The quantitative estimate of drug-likeness (QED) is 0.682. The molecule has 0 aromatic carbocycles. The van der Waals surface area contributed by atoms with Gasteiger partial charge in [-0.1, -0.05) is 6.92 Å². The zero-order valence-electron chi connectivity index (χ0n) is 7.39. The monoisotopic (exact) mass is 160 g/mol. The average Bonchev–Trinajstić information content (AvgIpc) is 2.46. The lowest BCUT2D eigenvalue weighted by Gasteiger charge is -1.90. The molecule has 0 saturated heterocycles. The van der Waals surface area contributed by atoms with E-state index in [0.29, 0.717) is 0 Å². The molecule has 12 heavy (non-hydrogen) atoms. The molecule has 0 spiro atoms. The first-order valence-corrected chi connectivity index (χ1v) is 4.25. The number of hydrogen-bond donors (Lipinski definition) is 1. The molecule has 0 atom stereocenters. The van der Waals surface area contributed by atoms with E-state index in [9.17, 15) is 0 Å². The Morgan fingerprint density at radius 1 is 1.42 bits per heavy atom. The van der Waals surface area contributed by atoms with Gasteiger partial charge in [0.2, 0.25) is 0 Å². The Morgan fingerprint density at radius 3 is 3.00 bits per heavy atom. The van der Waals surface area contributed by atoms with Crippen LogP contribution in [0.4, 0.5) is 0 Å². The second kappa shape index (κ2) is 2.63. The highest BCUT2D eigenvalue weighted by Crippen LogP contribution is 2.13. The van der Waals surface area contributed by atoms with Gasteiger partial charge in [0.25, 0.3) is 0 Å². The van der Waals surface area contributed by atoms with E-state index in [1.54, 1.807) is 0 Å². The second-order valence-corrected chi connectivity index (χ2v) is 3.04. The normalized spacial score (nSPS) is 10.8. The minimum absolute atomic E-state index is 1.01. The molecule has 2 aromatic heterocycles. The van der Waals surface area contributed by atoms with Crippen molar-refractivity contribution in [3.05, 3.63) is 29.6 Å². The van der Waals surface area contributed by atoms with Gasteiger partial charge in [-0.2, -0.15) is 0 Å². The Morgan fingerprint density at radius 2 is 2.25 bits per heavy atom. The molecule has 2 rings (SSSR count). The van der Waals surface area contributed by atoms with Crippen LogP contribution in [0.15, 0.2) is 18.2 Å². The van der Waals surface area contributed by atoms with Gasteiger partial charge >= 0.3 is 0 Å². The number of aromatic nitrogens is 2. The first-order chi connectivity index (χ1) is 5.79. The van der Waals surface area contributed by atoms with E-state index in [1.807, 2.05) is 13.0 Å². The Bertz CT molecular complexity index is 401. The van der Waals surface area contributed by atoms with E-state index >= 15 is 0 Å². The van der Waals surface area contributed by atoms with E-state index < -0.39 is 0 Å². The summed E-state index contributed by atoms with van der Waals surface area (Å²) in [7, 11) is 0. The minimum Gasteiger partial charge on any atom is -0.343 e. The summed E-state index contributed by atoms with van der Waals surface area (Å²) in [5, 5.41) is 1.21. The number of aromatic amines is 1. The van der Waals surface area contributed by atoms with Gasteiger partial charge in [0, 0.05) is 16.8 Å². The van der Waals surface area contributed by atoms with Gasteiger partial charge in [0.05, 0.1) is 0 Å². The third-order valence-electron chi connectivity index (χ3n) is 2.06. The largest absolute Gasteiger partial charge is 0.343 e. The fourth-order valence-electron chi connectivity index (χ4n) is 1.35. The standard InChI is InChI=1S/C10H12N2/c1-3-9-6-8-5-4-7(2)11-10(8)12-9/h4-6H,3H2,1-2H3,(H,11,12). The number of nitrogens with zero attached hydrogens (tertiary/aromatic N) is 1. The number of rotatable bonds is 1. The van der Waals surface area contributed by atoms with Crippen LogP contribution in [-0.4, -0.2) is 9.97 Å². The van der Waals surface area contributed by atoms with Gasteiger partial charge < -0.3 is 4.98 Å². The van der Waals surface area contributed by atoms with Crippen molar-refractivity contribution in [1.29, 1.82) is 0 Å². The van der Waals surface area contributed by atoms with Crippen molar-refractivity contribution in [1.82, 2.24) is 9.97 Å². The molecular weight excluding hydrogens is 148 g/mol. The minimum atomic E-state index is 1.01. The Labute approximate surface area is 71.6 Å². The predicted octanol–water partition coefficient (Wildman–Crippen LogP) is 2.43. The van der Waals surface area contributed by atoms with Gasteiger partial charge in [0.15, 0.2) is 0 Å². The van der Waals surface area contributed by atoms with Crippen molar-refractivity contribution >= 4 is 11.0 Å². The van der Waals surface area contributed by atoms with Gasteiger partial charge in [-0.05, 0) is 31.5 Å². The number of fused-ring (bicyclic) bond motifs is 1. The van der Waals surface area contributed by atoms with Crippen molar-refractivity contribution < 1.29 is 0 Å². The third kappa shape index (κ3) is 1.09. The van der Waals surface area contributed by atoms with Crippen molar-refractivity contribution in [3.63, 3.8) is 0 Å². The number of pyridine rings is 1. The Balaban J connectivity index is 2.67. The lowest BCUT2D eigenvalue weighted by molar-refractivity contribution is 1.06. The lowest BCUT2D eigenvalue weighted by Crippen LogP contribution is -1.81. The zero-order valence-corrected chi connectivity index (χ0v) is 7.39. The third-order valence-corrected chi connectivity index (χ3v) is 2.06. The van der Waals surface area contributed by atoms with Crippen LogP contribution in [0.5, 0.6) is 0 Å². The molecule has 0 saturated carbocycles. The predicted molar refractivity (Wildman–Crippen MR) is 50.2 cm³/mol. The van der Waals surface area contributed by atoms with Crippen LogP contribution in [0.2, 0.25) is 0 Å². The maximum absolute atomic E-state index is 4.39.